The molecule has 1 aliphatic carbocycles. The molecule has 7 heteroatoms. The molecule has 1 unspecified atom stereocenters. The highest BCUT2D eigenvalue weighted by Gasteiger charge is 2.46. The van der Waals surface area contributed by atoms with E-state index < -0.39 is 29.5 Å². The number of carboxylic acid groups (broad SMARTS) is 1. The van der Waals surface area contributed by atoms with Crippen LogP contribution in [0.5, 0.6) is 0 Å². The van der Waals surface area contributed by atoms with Gasteiger partial charge in [-0.2, -0.15) is 0 Å². The number of nitrogens with two attached hydrogens (primary N) is 1. The maximum absolute atomic E-state index is 12.3. The molecule has 0 spiro atoms. The van der Waals surface area contributed by atoms with Crippen LogP contribution in [0.4, 0.5) is 4.79 Å². The minimum absolute atomic E-state index is 0.381. The van der Waals surface area contributed by atoms with Gasteiger partial charge in [0, 0.05) is 0 Å². The van der Waals surface area contributed by atoms with Gasteiger partial charge in [0.05, 0.1) is 0 Å². The van der Waals surface area contributed by atoms with Crippen molar-refractivity contribution >= 4 is 17.9 Å². The molecule has 0 heterocycles. The zero-order valence-electron chi connectivity index (χ0n) is 11.3. The Bertz CT molecular complexity index is 555. The third-order valence-corrected chi connectivity index (χ3v) is 3.66. The molecule has 112 valence electrons. The van der Waals surface area contributed by atoms with Crippen LogP contribution in [0.1, 0.15) is 30.9 Å². The highest BCUT2D eigenvalue weighted by Crippen LogP contribution is 2.32. The first-order valence-corrected chi connectivity index (χ1v) is 6.61. The molecule has 1 aromatic rings. The highest BCUT2D eigenvalue weighted by molar-refractivity contribution is 5.92. The molecule has 1 saturated carbocycles. The molecule has 0 radical (unpaired) electrons. The van der Waals surface area contributed by atoms with Crippen LogP contribution in [0, 0.1) is 0 Å². The molecule has 5 N–H and O–H groups in total. The van der Waals surface area contributed by atoms with Gasteiger partial charge in [0.2, 0.25) is 5.91 Å². The van der Waals surface area contributed by atoms with E-state index in [1.54, 1.807) is 30.3 Å². The fourth-order valence-electron chi connectivity index (χ4n) is 2.32. The number of carboxylic acids is 1. The molecule has 7 nitrogen and oxygen atoms in total. The number of hydrogen-bond donors (Lipinski definition) is 4. The zero-order valence-corrected chi connectivity index (χ0v) is 11.3. The number of carbonyl (C=O) groups is 3. The second-order valence-electron chi connectivity index (χ2n) is 5.08. The normalized spacial score (nSPS) is 17.1. The van der Waals surface area contributed by atoms with Crippen molar-refractivity contribution in [3.63, 3.8) is 0 Å². The van der Waals surface area contributed by atoms with E-state index in [1.807, 2.05) is 0 Å². The Morgan fingerprint density at radius 1 is 1.19 bits per heavy atom. The first kappa shape index (κ1) is 14.8. The number of amides is 3. The van der Waals surface area contributed by atoms with Crippen LogP contribution in [0.15, 0.2) is 30.3 Å². The molecule has 1 atom stereocenters. The van der Waals surface area contributed by atoms with E-state index >= 15 is 0 Å². The largest absolute Gasteiger partial charge is 0.480 e. The number of primary amides is 1. The summed E-state index contributed by atoms with van der Waals surface area (Å²) in [4.78, 5) is 34.7. The molecule has 2 rings (SSSR count). The third kappa shape index (κ3) is 3.13. The molecule has 3 amide bonds. The summed E-state index contributed by atoms with van der Waals surface area (Å²) in [6.45, 7) is 0. The summed E-state index contributed by atoms with van der Waals surface area (Å²) in [5, 5.41) is 14.1. The molecule has 0 aliphatic heterocycles. The fourth-order valence-corrected chi connectivity index (χ4v) is 2.32. The van der Waals surface area contributed by atoms with Crippen LogP contribution in [0.3, 0.4) is 0 Å². The number of hydrogen-bond acceptors (Lipinski definition) is 3. The Morgan fingerprint density at radius 3 is 2.24 bits per heavy atom. The number of rotatable bonds is 5. The van der Waals surface area contributed by atoms with E-state index in [2.05, 4.69) is 10.6 Å². The van der Waals surface area contributed by atoms with Crippen LogP contribution in [0.2, 0.25) is 0 Å². The molecule has 0 saturated heterocycles. The second-order valence-corrected chi connectivity index (χ2v) is 5.08. The average molecular weight is 291 g/mol. The lowest BCUT2D eigenvalue weighted by molar-refractivity contribution is -0.152. The van der Waals surface area contributed by atoms with Crippen molar-refractivity contribution in [3.8, 4) is 0 Å². The van der Waals surface area contributed by atoms with Gasteiger partial charge in [0.1, 0.15) is 11.6 Å². The molecular weight excluding hydrogens is 274 g/mol. The Labute approximate surface area is 121 Å². The summed E-state index contributed by atoms with van der Waals surface area (Å²) < 4.78 is 0. The number of carbonyl (C=O) groups excluding carboxylic acids is 2. The van der Waals surface area contributed by atoms with Crippen molar-refractivity contribution in [2.45, 2.75) is 30.8 Å². The van der Waals surface area contributed by atoms with Crippen molar-refractivity contribution in [1.82, 2.24) is 10.6 Å². The van der Waals surface area contributed by atoms with Gasteiger partial charge < -0.3 is 21.5 Å². The first-order valence-electron chi connectivity index (χ1n) is 6.61. The number of nitrogens with one attached hydrogen (secondary N) is 2. The van der Waals surface area contributed by atoms with Gasteiger partial charge in [-0.15, -0.1) is 0 Å². The van der Waals surface area contributed by atoms with Crippen molar-refractivity contribution in [2.75, 3.05) is 0 Å². The van der Waals surface area contributed by atoms with Crippen LogP contribution >= 0.6 is 0 Å². The SMILES string of the molecule is NC(=O)NC(C(=O)NC1(C(=O)O)CCC1)c1ccccc1. The standard InChI is InChI=1S/C14H17N3O4/c15-13(21)16-10(9-5-2-1-3-6-9)11(18)17-14(12(19)20)7-4-8-14/h1-3,5-6,10H,4,7-8H2,(H,17,18)(H,19,20)(H3,15,16,21). The lowest BCUT2D eigenvalue weighted by Crippen LogP contribution is -2.61. The van der Waals surface area contributed by atoms with Gasteiger partial charge >= 0.3 is 12.0 Å². The van der Waals surface area contributed by atoms with Crippen molar-refractivity contribution in [1.29, 1.82) is 0 Å². The maximum Gasteiger partial charge on any atom is 0.329 e. The summed E-state index contributed by atoms with van der Waals surface area (Å²) in [6, 6.07) is 6.66. The van der Waals surface area contributed by atoms with Crippen LogP contribution in [-0.2, 0) is 9.59 Å². The Hall–Kier alpha value is -2.57. The number of benzene rings is 1. The Kier molecular flexibility index (Phi) is 4.11. The van der Waals surface area contributed by atoms with E-state index in [0.29, 0.717) is 18.4 Å². The summed E-state index contributed by atoms with van der Waals surface area (Å²) in [7, 11) is 0. The van der Waals surface area contributed by atoms with Gasteiger partial charge in [-0.05, 0) is 24.8 Å². The monoisotopic (exact) mass is 291 g/mol. The van der Waals surface area contributed by atoms with Crippen molar-refractivity contribution in [3.05, 3.63) is 35.9 Å². The molecular formula is C14H17N3O4. The fraction of sp³-hybridized carbons (Fsp3) is 0.357. The summed E-state index contributed by atoms with van der Waals surface area (Å²) >= 11 is 0. The Balaban J connectivity index is 2.19. The second kappa shape index (κ2) is 5.82. The summed E-state index contributed by atoms with van der Waals surface area (Å²) in [5.41, 5.74) is 4.40. The smallest absolute Gasteiger partial charge is 0.329 e. The zero-order chi connectivity index (χ0) is 15.5. The van der Waals surface area contributed by atoms with Gasteiger partial charge in [0.25, 0.3) is 0 Å². The lowest BCUT2D eigenvalue weighted by Gasteiger charge is -2.39. The molecule has 21 heavy (non-hydrogen) atoms. The molecule has 1 aliphatic rings. The highest BCUT2D eigenvalue weighted by atomic mass is 16.4. The maximum atomic E-state index is 12.3. The van der Waals surface area contributed by atoms with Crippen molar-refractivity contribution < 1.29 is 19.5 Å². The number of urea groups is 1. The van der Waals surface area contributed by atoms with Crippen molar-refractivity contribution in [2.24, 2.45) is 5.73 Å². The van der Waals surface area contributed by atoms with Crippen LogP contribution in [-0.4, -0.2) is 28.6 Å². The van der Waals surface area contributed by atoms with E-state index in [9.17, 15) is 19.5 Å². The first-order chi connectivity index (χ1) is 9.94. The van der Waals surface area contributed by atoms with E-state index in [0.717, 1.165) is 6.42 Å². The minimum atomic E-state index is -1.23. The number of aliphatic carboxylic acids is 1. The summed E-state index contributed by atoms with van der Waals surface area (Å²) in [5.74, 6) is -1.64. The molecule has 1 fully saturated rings. The van der Waals surface area contributed by atoms with E-state index in [-0.39, 0.29) is 0 Å². The van der Waals surface area contributed by atoms with Crippen LogP contribution in [0.25, 0.3) is 0 Å². The van der Waals surface area contributed by atoms with E-state index in [4.69, 9.17) is 5.73 Å². The minimum Gasteiger partial charge on any atom is -0.480 e. The topological polar surface area (TPSA) is 122 Å². The summed E-state index contributed by atoms with van der Waals surface area (Å²) in [6.07, 6.45) is 1.50. The van der Waals surface area contributed by atoms with Gasteiger partial charge in [-0.25, -0.2) is 9.59 Å². The van der Waals surface area contributed by atoms with E-state index in [1.165, 1.54) is 0 Å². The van der Waals surface area contributed by atoms with Crippen LogP contribution < -0.4 is 16.4 Å². The van der Waals surface area contributed by atoms with Gasteiger partial charge in [0.15, 0.2) is 0 Å². The quantitative estimate of drug-likeness (QED) is 0.631. The average Bonchev–Trinajstić information content (AvgIpc) is 2.40. The predicted octanol–water partition coefficient (Wildman–Crippen LogP) is 0.520. The van der Waals surface area contributed by atoms with Gasteiger partial charge in [-0.1, -0.05) is 30.3 Å². The third-order valence-electron chi connectivity index (χ3n) is 3.66. The molecule has 0 bridgehead atoms. The Morgan fingerprint density at radius 2 is 1.81 bits per heavy atom. The van der Waals surface area contributed by atoms with Gasteiger partial charge in [-0.3, -0.25) is 4.79 Å². The molecule has 1 aromatic carbocycles. The lowest BCUT2D eigenvalue weighted by atomic mass is 9.76. The predicted molar refractivity (Wildman–Crippen MR) is 74.3 cm³/mol. The molecule has 0 aromatic heterocycles.